The van der Waals surface area contributed by atoms with E-state index in [9.17, 15) is 16.8 Å². The van der Waals surface area contributed by atoms with Gasteiger partial charge < -0.3 is 4.57 Å². The molecule has 0 unspecified atom stereocenters. The lowest BCUT2D eigenvalue weighted by Crippen LogP contribution is -2.19. The summed E-state index contributed by atoms with van der Waals surface area (Å²) in [5.74, 6) is 0. The zero-order chi connectivity index (χ0) is 26.5. The summed E-state index contributed by atoms with van der Waals surface area (Å²) in [4.78, 5) is 0.181. The average Bonchev–Trinajstić information content (AvgIpc) is 3.64. The molecular formula is C30H17NO4S4. The number of sulfone groups is 2. The lowest BCUT2D eigenvalue weighted by Gasteiger charge is -2.20. The van der Waals surface area contributed by atoms with Gasteiger partial charge in [-0.3, -0.25) is 0 Å². The van der Waals surface area contributed by atoms with Gasteiger partial charge in [0.15, 0.2) is 0 Å². The van der Waals surface area contributed by atoms with Gasteiger partial charge in [0.1, 0.15) is 0 Å². The van der Waals surface area contributed by atoms with Crippen LogP contribution in [0.5, 0.6) is 0 Å². The van der Waals surface area contributed by atoms with Gasteiger partial charge in [-0.05, 0) is 53.4 Å². The van der Waals surface area contributed by atoms with Crippen LogP contribution in [0.2, 0.25) is 0 Å². The lowest BCUT2D eigenvalue weighted by molar-refractivity contribution is 0.570. The molecule has 0 spiro atoms. The summed E-state index contributed by atoms with van der Waals surface area (Å²) in [5.41, 5.74) is 3.74. The van der Waals surface area contributed by atoms with Crippen LogP contribution >= 0.6 is 22.7 Å². The monoisotopic (exact) mass is 583 g/mol. The molecule has 4 heterocycles. The molecule has 0 radical (unpaired) electrons. The van der Waals surface area contributed by atoms with Gasteiger partial charge in [0.05, 0.1) is 45.9 Å². The molecule has 0 N–H and O–H groups in total. The van der Waals surface area contributed by atoms with E-state index in [0.717, 1.165) is 41.8 Å². The van der Waals surface area contributed by atoms with Gasteiger partial charge in [-0.1, -0.05) is 54.6 Å². The number of aromatic nitrogens is 1. The SMILES string of the molecule is O=S1(=O)c2ccccc2S(=O)(=O)c2cc(-c3sc4ccsc4c3-n3c4ccccc4c4ccccc43)ccc21. The molecule has 0 atom stereocenters. The molecule has 0 amide bonds. The van der Waals surface area contributed by atoms with Gasteiger partial charge >= 0.3 is 0 Å². The molecule has 7 aromatic rings. The zero-order valence-electron chi connectivity index (χ0n) is 20.0. The Morgan fingerprint density at radius 2 is 1.15 bits per heavy atom. The van der Waals surface area contributed by atoms with Crippen LogP contribution in [-0.2, 0) is 19.7 Å². The van der Waals surface area contributed by atoms with Crippen LogP contribution in [0.15, 0.2) is 122 Å². The molecule has 9 heteroatoms. The summed E-state index contributed by atoms with van der Waals surface area (Å²) in [6.07, 6.45) is 0. The fourth-order valence-electron chi connectivity index (χ4n) is 5.59. The number of nitrogens with zero attached hydrogens (tertiary/aromatic N) is 1. The van der Waals surface area contributed by atoms with E-state index in [4.69, 9.17) is 0 Å². The third-order valence-electron chi connectivity index (χ3n) is 7.29. The molecule has 0 fully saturated rings. The predicted octanol–water partition coefficient (Wildman–Crippen LogP) is 7.71. The molecule has 4 aromatic carbocycles. The molecule has 0 saturated heterocycles. The van der Waals surface area contributed by atoms with Gasteiger partial charge in [0.2, 0.25) is 19.7 Å². The van der Waals surface area contributed by atoms with Crippen molar-refractivity contribution < 1.29 is 16.8 Å². The fraction of sp³-hybridized carbons (Fsp3) is 0. The van der Waals surface area contributed by atoms with Gasteiger partial charge in [-0.2, -0.15) is 0 Å². The number of rotatable bonds is 2. The van der Waals surface area contributed by atoms with Gasteiger partial charge in [-0.25, -0.2) is 16.8 Å². The maximum absolute atomic E-state index is 13.7. The van der Waals surface area contributed by atoms with Crippen molar-refractivity contribution in [2.45, 2.75) is 19.6 Å². The van der Waals surface area contributed by atoms with Crippen molar-refractivity contribution >= 4 is 73.6 Å². The first-order valence-corrected chi connectivity index (χ1v) is 16.8. The molecule has 39 heavy (non-hydrogen) atoms. The van der Waals surface area contributed by atoms with Crippen LogP contribution in [0.1, 0.15) is 0 Å². The molecule has 8 rings (SSSR count). The van der Waals surface area contributed by atoms with Crippen LogP contribution in [-0.4, -0.2) is 21.4 Å². The lowest BCUT2D eigenvalue weighted by atomic mass is 10.1. The molecule has 1 aliphatic rings. The van der Waals surface area contributed by atoms with Crippen molar-refractivity contribution in [1.29, 1.82) is 0 Å². The van der Waals surface area contributed by atoms with Crippen LogP contribution in [0.4, 0.5) is 0 Å². The Balaban J connectivity index is 1.46. The predicted molar refractivity (Wildman–Crippen MR) is 157 cm³/mol. The van der Waals surface area contributed by atoms with Crippen molar-refractivity contribution in [2.75, 3.05) is 0 Å². The topological polar surface area (TPSA) is 73.2 Å². The minimum absolute atomic E-state index is 0.173. The average molecular weight is 584 g/mol. The zero-order valence-corrected chi connectivity index (χ0v) is 23.3. The number of benzene rings is 4. The van der Waals surface area contributed by atoms with Gasteiger partial charge in [-0.15, -0.1) is 22.7 Å². The van der Waals surface area contributed by atoms with E-state index in [2.05, 4.69) is 40.3 Å². The number of fused-ring (bicyclic) bond motifs is 6. The van der Waals surface area contributed by atoms with Crippen molar-refractivity contribution in [2.24, 2.45) is 0 Å². The Labute approximate surface area is 232 Å². The Bertz CT molecular complexity index is 2320. The first-order chi connectivity index (χ1) is 18.9. The first kappa shape index (κ1) is 23.2. The quantitative estimate of drug-likeness (QED) is 0.209. The molecule has 190 valence electrons. The smallest absolute Gasteiger partial charge is 0.209 e. The maximum atomic E-state index is 13.7. The molecule has 0 bridgehead atoms. The van der Waals surface area contributed by atoms with Crippen LogP contribution < -0.4 is 0 Å². The third-order valence-corrected chi connectivity index (χ3v) is 13.5. The highest BCUT2D eigenvalue weighted by molar-refractivity contribution is 7.97. The largest absolute Gasteiger partial charge is 0.306 e. The van der Waals surface area contributed by atoms with Crippen molar-refractivity contribution in [3.63, 3.8) is 0 Å². The fourth-order valence-corrected chi connectivity index (χ4v) is 12.1. The molecule has 1 aliphatic heterocycles. The molecule has 0 aliphatic carbocycles. The standard InChI is InChI=1S/C30H17NO4S4/c32-38(33)24-11-5-6-12-25(24)39(34,35)27-17-18(13-14-26(27)38)29-28(30-23(37-29)15-16-36-30)31-21-9-3-1-7-19(21)20-8-2-4-10-22(20)31/h1-17H. The molecule has 0 saturated carbocycles. The minimum Gasteiger partial charge on any atom is -0.306 e. The van der Waals surface area contributed by atoms with Crippen LogP contribution in [0.25, 0.3) is 47.3 Å². The second-order valence-corrected chi connectivity index (χ2v) is 15.1. The first-order valence-electron chi connectivity index (χ1n) is 12.1. The number of para-hydroxylation sites is 2. The Morgan fingerprint density at radius 1 is 0.590 bits per heavy atom. The highest BCUT2D eigenvalue weighted by atomic mass is 32.2. The van der Waals surface area contributed by atoms with Gasteiger partial charge in [0.25, 0.3) is 0 Å². The summed E-state index contributed by atoms with van der Waals surface area (Å²) in [6, 6.07) is 29.1. The van der Waals surface area contributed by atoms with E-state index in [-0.39, 0.29) is 19.6 Å². The van der Waals surface area contributed by atoms with E-state index in [1.165, 1.54) is 24.3 Å². The van der Waals surface area contributed by atoms with E-state index >= 15 is 0 Å². The van der Waals surface area contributed by atoms with Crippen LogP contribution in [0.3, 0.4) is 0 Å². The maximum Gasteiger partial charge on any atom is 0.209 e. The van der Waals surface area contributed by atoms with Crippen LogP contribution in [0, 0.1) is 0 Å². The number of hydrogen-bond acceptors (Lipinski definition) is 6. The van der Waals surface area contributed by atoms with Crippen molar-refractivity contribution in [1.82, 2.24) is 4.57 Å². The molecule has 5 nitrogen and oxygen atoms in total. The summed E-state index contributed by atoms with van der Waals surface area (Å²) in [6.45, 7) is 0. The second kappa shape index (κ2) is 7.89. The highest BCUT2D eigenvalue weighted by Crippen LogP contribution is 2.48. The Morgan fingerprint density at radius 3 is 1.82 bits per heavy atom. The number of hydrogen-bond donors (Lipinski definition) is 0. The third kappa shape index (κ3) is 3.04. The number of thiophene rings is 2. The van der Waals surface area contributed by atoms with Gasteiger partial charge in [0, 0.05) is 15.5 Å². The summed E-state index contributed by atoms with van der Waals surface area (Å²) in [7, 11) is -8.01. The van der Waals surface area contributed by atoms with E-state index in [1.54, 1.807) is 40.9 Å². The van der Waals surface area contributed by atoms with E-state index < -0.39 is 19.7 Å². The Hall–Kier alpha value is -3.76. The minimum atomic E-state index is -4.03. The molecular weight excluding hydrogens is 567 g/mol. The van der Waals surface area contributed by atoms with Crippen molar-refractivity contribution in [3.8, 4) is 16.1 Å². The summed E-state index contributed by atoms with van der Waals surface area (Å²) >= 11 is 3.22. The summed E-state index contributed by atoms with van der Waals surface area (Å²) < 4.78 is 58.6. The second-order valence-electron chi connectivity index (χ2n) is 9.38. The summed E-state index contributed by atoms with van der Waals surface area (Å²) in [5, 5.41) is 4.32. The highest BCUT2D eigenvalue weighted by Gasteiger charge is 2.39. The normalized spacial score (nSPS) is 15.5. The van der Waals surface area contributed by atoms with Crippen molar-refractivity contribution in [3.05, 3.63) is 102 Å². The van der Waals surface area contributed by atoms with E-state index in [0.29, 0.717) is 5.56 Å². The Kier molecular flexibility index (Phi) is 4.69. The van der Waals surface area contributed by atoms with E-state index in [1.807, 2.05) is 24.3 Å². The molecule has 3 aromatic heterocycles.